The van der Waals surface area contributed by atoms with E-state index in [4.69, 9.17) is 4.98 Å². The molecule has 0 atom stereocenters. The van der Waals surface area contributed by atoms with E-state index in [1.807, 2.05) is 0 Å². The first kappa shape index (κ1) is 22.1. The van der Waals surface area contributed by atoms with Gasteiger partial charge in [0.2, 0.25) is 11.9 Å². The molecule has 0 amide bonds. The van der Waals surface area contributed by atoms with Crippen molar-refractivity contribution in [2.45, 2.75) is 68.7 Å². The van der Waals surface area contributed by atoms with Crippen LogP contribution in [-0.2, 0) is 9.84 Å². The summed E-state index contributed by atoms with van der Waals surface area (Å²) in [7, 11) is -3.00. The summed E-state index contributed by atoms with van der Waals surface area (Å²) in [6.07, 6.45) is 10.2. The van der Waals surface area contributed by atoms with Gasteiger partial charge >= 0.3 is 0 Å². The molecule has 0 aliphatic heterocycles. The Labute approximate surface area is 193 Å². The van der Waals surface area contributed by atoms with Crippen molar-refractivity contribution in [1.29, 1.82) is 0 Å². The van der Waals surface area contributed by atoms with Crippen LogP contribution in [0.5, 0.6) is 0 Å². The van der Waals surface area contributed by atoms with Gasteiger partial charge in [-0.3, -0.25) is 4.57 Å². The second kappa shape index (κ2) is 8.89. The fourth-order valence-corrected chi connectivity index (χ4v) is 6.19. The molecule has 2 aromatic heterocycles. The molecule has 1 aromatic carbocycles. The second-order valence-electron chi connectivity index (χ2n) is 9.20. The number of hydrogen-bond donors (Lipinski definition) is 2. The lowest BCUT2D eigenvalue weighted by Gasteiger charge is -2.28. The maximum atomic E-state index is 14.3. The van der Waals surface area contributed by atoms with Crippen LogP contribution in [0.4, 0.5) is 22.0 Å². The molecular formula is C23H29FN6O2S. The molecule has 33 heavy (non-hydrogen) atoms. The number of para-hydroxylation sites is 1. The molecule has 0 unspecified atom stereocenters. The van der Waals surface area contributed by atoms with Gasteiger partial charge in [-0.25, -0.2) is 22.8 Å². The fraction of sp³-hybridized carbons (Fsp3) is 0.522. The third kappa shape index (κ3) is 4.66. The van der Waals surface area contributed by atoms with E-state index in [1.54, 1.807) is 24.4 Å². The minimum atomic E-state index is -3.00. The quantitative estimate of drug-likeness (QED) is 0.541. The molecule has 2 aliphatic rings. The summed E-state index contributed by atoms with van der Waals surface area (Å²) in [4.78, 5) is 13.9. The lowest BCUT2D eigenvalue weighted by atomic mass is 9.95. The number of nitrogens with one attached hydrogen (secondary N) is 2. The Morgan fingerprint density at radius 2 is 1.76 bits per heavy atom. The van der Waals surface area contributed by atoms with E-state index in [9.17, 15) is 12.8 Å². The molecule has 0 saturated heterocycles. The number of sulfone groups is 1. The third-order valence-corrected chi connectivity index (χ3v) is 8.54. The number of imidazole rings is 1. The Morgan fingerprint density at radius 1 is 1.03 bits per heavy atom. The zero-order chi connectivity index (χ0) is 23.0. The van der Waals surface area contributed by atoms with Crippen LogP contribution in [0.25, 0.3) is 11.2 Å². The van der Waals surface area contributed by atoms with E-state index < -0.39 is 9.84 Å². The van der Waals surface area contributed by atoms with Gasteiger partial charge < -0.3 is 10.6 Å². The van der Waals surface area contributed by atoms with E-state index in [-0.39, 0.29) is 23.2 Å². The minimum absolute atomic E-state index is 0.138. The van der Waals surface area contributed by atoms with Crippen LogP contribution in [0.1, 0.15) is 57.4 Å². The Balaban J connectivity index is 1.42. The van der Waals surface area contributed by atoms with Crippen molar-refractivity contribution in [3.8, 4) is 0 Å². The number of nitrogens with zero attached hydrogens (tertiary/aromatic N) is 4. The Morgan fingerprint density at radius 3 is 2.45 bits per heavy atom. The summed E-state index contributed by atoms with van der Waals surface area (Å²) in [6, 6.07) is 6.95. The van der Waals surface area contributed by atoms with Gasteiger partial charge in [-0.1, -0.05) is 25.0 Å². The number of anilines is 3. The van der Waals surface area contributed by atoms with Crippen LogP contribution in [0.3, 0.4) is 0 Å². The predicted octanol–water partition coefficient (Wildman–Crippen LogP) is 4.59. The molecule has 2 N–H and O–H groups in total. The van der Waals surface area contributed by atoms with E-state index >= 15 is 0 Å². The summed E-state index contributed by atoms with van der Waals surface area (Å²) in [5.41, 5.74) is 1.76. The van der Waals surface area contributed by atoms with Crippen LogP contribution in [0.15, 0.2) is 30.5 Å². The molecule has 10 heteroatoms. The highest BCUT2D eigenvalue weighted by molar-refractivity contribution is 7.91. The van der Waals surface area contributed by atoms with E-state index in [0.29, 0.717) is 35.9 Å². The van der Waals surface area contributed by atoms with Crippen molar-refractivity contribution in [3.05, 3.63) is 36.3 Å². The summed E-state index contributed by atoms with van der Waals surface area (Å²) in [5.74, 6) is 0.754. The first-order valence-electron chi connectivity index (χ1n) is 11.6. The molecule has 0 spiro atoms. The van der Waals surface area contributed by atoms with Crippen molar-refractivity contribution < 1.29 is 12.8 Å². The van der Waals surface area contributed by atoms with E-state index in [1.165, 1.54) is 12.3 Å². The molecule has 2 fully saturated rings. The van der Waals surface area contributed by atoms with Gasteiger partial charge in [0.1, 0.15) is 21.2 Å². The fourth-order valence-electron chi connectivity index (χ4n) is 5.06. The SMILES string of the molecule is CS(=O)(=O)C1CCC(Nc2ncc3nc(Nc4ccccc4F)n(C4CCCC4)c3n2)CC1. The van der Waals surface area contributed by atoms with Crippen LogP contribution in [0, 0.1) is 5.82 Å². The van der Waals surface area contributed by atoms with Gasteiger partial charge in [0.05, 0.1) is 17.1 Å². The van der Waals surface area contributed by atoms with Gasteiger partial charge in [0, 0.05) is 18.3 Å². The lowest BCUT2D eigenvalue weighted by Crippen LogP contribution is -2.32. The first-order chi connectivity index (χ1) is 15.9. The average Bonchev–Trinajstić information content (AvgIpc) is 3.42. The average molecular weight is 473 g/mol. The number of aromatic nitrogens is 4. The van der Waals surface area contributed by atoms with Crippen LogP contribution >= 0.6 is 0 Å². The van der Waals surface area contributed by atoms with Crippen LogP contribution in [0.2, 0.25) is 0 Å². The van der Waals surface area contributed by atoms with Gasteiger partial charge in [-0.15, -0.1) is 0 Å². The van der Waals surface area contributed by atoms with Crippen molar-refractivity contribution in [3.63, 3.8) is 0 Å². The Hall–Kier alpha value is -2.75. The number of hydrogen-bond acceptors (Lipinski definition) is 7. The number of halogens is 1. The maximum Gasteiger partial charge on any atom is 0.224 e. The summed E-state index contributed by atoms with van der Waals surface area (Å²) < 4.78 is 40.0. The highest BCUT2D eigenvalue weighted by atomic mass is 32.2. The second-order valence-corrected chi connectivity index (χ2v) is 11.5. The molecular weight excluding hydrogens is 443 g/mol. The molecule has 8 nitrogen and oxygen atoms in total. The Bertz CT molecular complexity index is 1250. The molecule has 2 aliphatic carbocycles. The lowest BCUT2D eigenvalue weighted by molar-refractivity contribution is 0.452. The molecule has 0 radical (unpaired) electrons. The highest BCUT2D eigenvalue weighted by Crippen LogP contribution is 2.36. The standard InChI is InChI=1S/C23H29FN6O2S/c1-33(31,32)17-12-10-15(11-13-17)26-22-25-14-20-21(29-22)30(16-6-2-3-7-16)23(28-20)27-19-9-5-4-8-18(19)24/h4-5,8-9,14-17H,2-3,6-7,10-13H2,1H3,(H,27,28)(H,25,26,29). The molecule has 3 aromatic rings. The summed E-state index contributed by atoms with van der Waals surface area (Å²) in [6.45, 7) is 0. The van der Waals surface area contributed by atoms with Crippen molar-refractivity contribution in [2.75, 3.05) is 16.9 Å². The topological polar surface area (TPSA) is 102 Å². The summed E-state index contributed by atoms with van der Waals surface area (Å²) in [5, 5.41) is 6.30. The molecule has 176 valence electrons. The number of fused-ring (bicyclic) bond motifs is 1. The van der Waals surface area contributed by atoms with Crippen LogP contribution < -0.4 is 10.6 Å². The van der Waals surface area contributed by atoms with Crippen molar-refractivity contribution >= 4 is 38.6 Å². The van der Waals surface area contributed by atoms with E-state index in [2.05, 4.69) is 25.2 Å². The van der Waals surface area contributed by atoms with Crippen molar-refractivity contribution in [1.82, 2.24) is 19.5 Å². The number of rotatable bonds is 6. The molecule has 2 saturated carbocycles. The molecule has 2 heterocycles. The van der Waals surface area contributed by atoms with Gasteiger partial charge in [-0.05, 0) is 50.7 Å². The van der Waals surface area contributed by atoms with Crippen LogP contribution in [-0.4, -0.2) is 45.5 Å². The number of benzene rings is 1. The molecule has 5 rings (SSSR count). The third-order valence-electron chi connectivity index (χ3n) is 6.86. The smallest absolute Gasteiger partial charge is 0.224 e. The largest absolute Gasteiger partial charge is 0.351 e. The summed E-state index contributed by atoms with van der Waals surface area (Å²) >= 11 is 0. The predicted molar refractivity (Wildman–Crippen MR) is 127 cm³/mol. The van der Waals surface area contributed by atoms with Crippen molar-refractivity contribution in [2.24, 2.45) is 0 Å². The zero-order valence-corrected chi connectivity index (χ0v) is 19.5. The van der Waals surface area contributed by atoms with E-state index in [0.717, 1.165) is 44.2 Å². The maximum absolute atomic E-state index is 14.3. The normalized spacial score (nSPS) is 22.0. The highest BCUT2D eigenvalue weighted by Gasteiger charge is 2.29. The van der Waals surface area contributed by atoms with Gasteiger partial charge in [-0.2, -0.15) is 4.98 Å². The minimum Gasteiger partial charge on any atom is -0.351 e. The first-order valence-corrected chi connectivity index (χ1v) is 13.6. The monoisotopic (exact) mass is 472 g/mol. The molecule has 0 bridgehead atoms. The van der Waals surface area contributed by atoms with Gasteiger partial charge in [0.25, 0.3) is 0 Å². The van der Waals surface area contributed by atoms with Gasteiger partial charge in [0.15, 0.2) is 5.65 Å². The zero-order valence-electron chi connectivity index (χ0n) is 18.7. The Kier molecular flexibility index (Phi) is 5.94.